The second-order valence-electron chi connectivity index (χ2n) is 16.5. The molecule has 296 valence electrons. The summed E-state index contributed by atoms with van der Waals surface area (Å²) in [6.45, 7) is 0. The van der Waals surface area contributed by atoms with Gasteiger partial charge in [-0.05, 0) is 122 Å². The van der Waals surface area contributed by atoms with Crippen LogP contribution in [0.1, 0.15) is 22.3 Å². The maximum atomic E-state index is 2.45. The van der Waals surface area contributed by atoms with Crippen molar-refractivity contribution in [2.75, 3.05) is 4.90 Å². The summed E-state index contributed by atoms with van der Waals surface area (Å²) in [6, 6.07) is 93.3. The summed E-state index contributed by atoms with van der Waals surface area (Å²) in [7, 11) is 0. The number of rotatable bonds is 8. The standard InChI is InChI=1S/C61H42N2/c1-6-20-43(21-7-1)45-38-46(44-22-8-2-9-23-44)40-52(39-45)63-59-33-19-17-31-55(59)56-41-50(35-37-60(56)63)62(49-28-14-5-15-29-49)51-34-36-54-53-30-16-18-32-57(53)61(58(54)42-51,47-24-10-3-11-25-47)48-26-12-4-13-27-48/h1-42H. The Kier molecular flexibility index (Phi) is 8.76. The van der Waals surface area contributed by atoms with Crippen LogP contribution in [0.15, 0.2) is 255 Å². The number of para-hydroxylation sites is 2. The van der Waals surface area contributed by atoms with Crippen LogP contribution in [-0.4, -0.2) is 4.57 Å². The van der Waals surface area contributed by atoms with Crippen LogP contribution in [0, 0.1) is 0 Å². The van der Waals surface area contributed by atoms with E-state index in [1.54, 1.807) is 0 Å². The second kappa shape index (κ2) is 15.1. The smallest absolute Gasteiger partial charge is 0.0714 e. The van der Waals surface area contributed by atoms with Gasteiger partial charge in [0.15, 0.2) is 0 Å². The minimum atomic E-state index is -0.503. The minimum absolute atomic E-state index is 0.503. The molecule has 2 heteroatoms. The van der Waals surface area contributed by atoms with Crippen LogP contribution in [0.5, 0.6) is 0 Å². The van der Waals surface area contributed by atoms with Gasteiger partial charge in [-0.1, -0.05) is 188 Å². The zero-order valence-corrected chi connectivity index (χ0v) is 34.6. The lowest BCUT2D eigenvalue weighted by molar-refractivity contribution is 0.768. The lowest BCUT2D eigenvalue weighted by Gasteiger charge is -2.35. The van der Waals surface area contributed by atoms with E-state index in [-0.39, 0.29) is 0 Å². The Balaban J connectivity index is 1.08. The molecule has 63 heavy (non-hydrogen) atoms. The molecule has 0 spiro atoms. The largest absolute Gasteiger partial charge is 0.310 e. The Hall–Kier alpha value is -8.20. The van der Waals surface area contributed by atoms with Crippen LogP contribution in [0.2, 0.25) is 0 Å². The van der Waals surface area contributed by atoms with E-state index >= 15 is 0 Å². The first-order valence-corrected chi connectivity index (χ1v) is 21.8. The monoisotopic (exact) mass is 802 g/mol. The molecule has 0 bridgehead atoms. The summed E-state index contributed by atoms with van der Waals surface area (Å²) in [6.07, 6.45) is 0. The van der Waals surface area contributed by atoms with E-state index in [4.69, 9.17) is 0 Å². The minimum Gasteiger partial charge on any atom is -0.310 e. The maximum Gasteiger partial charge on any atom is 0.0714 e. The van der Waals surface area contributed by atoms with Crippen molar-refractivity contribution in [1.82, 2.24) is 4.57 Å². The summed E-state index contributed by atoms with van der Waals surface area (Å²) >= 11 is 0. The van der Waals surface area contributed by atoms with Crippen LogP contribution >= 0.6 is 0 Å². The molecular formula is C61H42N2. The molecule has 0 saturated heterocycles. The van der Waals surface area contributed by atoms with Crippen molar-refractivity contribution < 1.29 is 0 Å². The molecule has 0 atom stereocenters. The third-order valence-corrected chi connectivity index (χ3v) is 13.0. The number of hydrogen-bond donors (Lipinski definition) is 0. The average molecular weight is 803 g/mol. The highest BCUT2D eigenvalue weighted by Crippen LogP contribution is 2.57. The van der Waals surface area contributed by atoms with Crippen molar-refractivity contribution in [3.63, 3.8) is 0 Å². The van der Waals surface area contributed by atoms with Gasteiger partial charge in [0.25, 0.3) is 0 Å². The molecule has 0 radical (unpaired) electrons. The molecule has 2 nitrogen and oxygen atoms in total. The van der Waals surface area contributed by atoms with Crippen molar-refractivity contribution in [3.8, 4) is 39.1 Å². The molecule has 12 rings (SSSR count). The first-order valence-electron chi connectivity index (χ1n) is 21.8. The highest BCUT2D eigenvalue weighted by molar-refractivity contribution is 6.11. The third-order valence-electron chi connectivity index (χ3n) is 13.0. The maximum absolute atomic E-state index is 2.45. The fraction of sp³-hybridized carbons (Fsp3) is 0.0164. The molecular weight excluding hydrogens is 761 g/mol. The van der Waals surface area contributed by atoms with Crippen molar-refractivity contribution in [2.45, 2.75) is 5.41 Å². The predicted octanol–water partition coefficient (Wildman–Crippen LogP) is 16.0. The molecule has 10 aromatic carbocycles. The number of anilines is 3. The van der Waals surface area contributed by atoms with E-state index in [1.807, 2.05) is 0 Å². The molecule has 1 aromatic heterocycles. The summed E-state index contributed by atoms with van der Waals surface area (Å²) in [5, 5.41) is 2.41. The fourth-order valence-electron chi connectivity index (χ4n) is 10.3. The first-order chi connectivity index (χ1) is 31.3. The highest BCUT2D eigenvalue weighted by Gasteiger charge is 2.46. The van der Waals surface area contributed by atoms with E-state index < -0.39 is 5.41 Å². The Morgan fingerprint density at radius 3 is 1.44 bits per heavy atom. The molecule has 1 aliphatic rings. The van der Waals surface area contributed by atoms with Crippen LogP contribution in [0.4, 0.5) is 17.1 Å². The summed E-state index contributed by atoms with van der Waals surface area (Å²) in [5.74, 6) is 0. The van der Waals surface area contributed by atoms with Gasteiger partial charge in [0.2, 0.25) is 0 Å². The van der Waals surface area contributed by atoms with E-state index in [0.29, 0.717) is 0 Å². The van der Waals surface area contributed by atoms with Crippen LogP contribution in [0.25, 0.3) is 60.9 Å². The molecule has 0 amide bonds. The summed E-state index contributed by atoms with van der Waals surface area (Å²) < 4.78 is 2.45. The van der Waals surface area contributed by atoms with Crippen LogP contribution in [0.3, 0.4) is 0 Å². The van der Waals surface area contributed by atoms with Gasteiger partial charge < -0.3 is 9.47 Å². The zero-order valence-electron chi connectivity index (χ0n) is 34.6. The van der Waals surface area contributed by atoms with Crippen LogP contribution in [-0.2, 0) is 5.41 Å². The predicted molar refractivity (Wildman–Crippen MR) is 264 cm³/mol. The molecule has 11 aromatic rings. The zero-order chi connectivity index (χ0) is 41.7. The highest BCUT2D eigenvalue weighted by atomic mass is 15.1. The Morgan fingerprint density at radius 2 is 0.794 bits per heavy atom. The average Bonchev–Trinajstić information content (AvgIpc) is 3.85. The van der Waals surface area contributed by atoms with E-state index in [0.717, 1.165) is 28.3 Å². The number of benzene rings is 10. The molecule has 0 N–H and O–H groups in total. The fourth-order valence-corrected chi connectivity index (χ4v) is 10.3. The first kappa shape index (κ1) is 36.6. The summed E-state index contributed by atoms with van der Waals surface area (Å²) in [5.41, 5.74) is 18.7. The van der Waals surface area contributed by atoms with Gasteiger partial charge in [0.05, 0.1) is 16.4 Å². The van der Waals surface area contributed by atoms with Crippen molar-refractivity contribution in [2.24, 2.45) is 0 Å². The number of fused-ring (bicyclic) bond motifs is 6. The Labute approximate surface area is 368 Å². The lowest BCUT2D eigenvalue weighted by Crippen LogP contribution is -2.28. The molecule has 0 unspecified atom stereocenters. The topological polar surface area (TPSA) is 8.17 Å². The second-order valence-corrected chi connectivity index (χ2v) is 16.5. The van der Waals surface area contributed by atoms with Gasteiger partial charge in [0, 0.05) is 33.5 Å². The van der Waals surface area contributed by atoms with Gasteiger partial charge in [-0.2, -0.15) is 0 Å². The van der Waals surface area contributed by atoms with E-state index in [9.17, 15) is 0 Å². The quantitative estimate of drug-likeness (QED) is 0.149. The van der Waals surface area contributed by atoms with Gasteiger partial charge >= 0.3 is 0 Å². The molecule has 0 fully saturated rings. The van der Waals surface area contributed by atoms with Gasteiger partial charge in [-0.3, -0.25) is 0 Å². The van der Waals surface area contributed by atoms with E-state index in [1.165, 1.54) is 71.9 Å². The Bertz CT molecular complexity index is 3330. The number of nitrogens with zero attached hydrogens (tertiary/aromatic N) is 2. The SMILES string of the molecule is c1ccc(-c2cc(-c3ccccc3)cc(-n3c4ccccc4c4cc(N(c5ccccc5)c5ccc6c(c5)C(c5ccccc5)(c5ccccc5)c5ccccc5-6)ccc43)c2)cc1. The number of aromatic nitrogens is 1. The van der Waals surface area contributed by atoms with Crippen molar-refractivity contribution >= 4 is 38.9 Å². The normalized spacial score (nSPS) is 12.6. The molecule has 1 heterocycles. The Morgan fingerprint density at radius 1 is 0.302 bits per heavy atom. The van der Waals surface area contributed by atoms with Gasteiger partial charge in [-0.25, -0.2) is 0 Å². The number of hydrogen-bond acceptors (Lipinski definition) is 1. The molecule has 1 aliphatic carbocycles. The van der Waals surface area contributed by atoms with Crippen molar-refractivity contribution in [1.29, 1.82) is 0 Å². The van der Waals surface area contributed by atoms with Gasteiger partial charge in [0.1, 0.15) is 0 Å². The van der Waals surface area contributed by atoms with Crippen molar-refractivity contribution in [3.05, 3.63) is 277 Å². The van der Waals surface area contributed by atoms with Crippen LogP contribution < -0.4 is 4.90 Å². The summed E-state index contributed by atoms with van der Waals surface area (Å²) in [4.78, 5) is 2.43. The van der Waals surface area contributed by atoms with E-state index in [2.05, 4.69) is 264 Å². The van der Waals surface area contributed by atoms with Gasteiger partial charge in [-0.15, -0.1) is 0 Å². The lowest BCUT2D eigenvalue weighted by atomic mass is 9.67. The molecule has 0 aliphatic heterocycles. The molecule has 0 saturated carbocycles. The third kappa shape index (κ3) is 5.95.